The van der Waals surface area contributed by atoms with Crippen LogP contribution in [0, 0.1) is 11.6 Å². The minimum atomic E-state index is -0.250. The Labute approximate surface area is 202 Å². The molecule has 0 aliphatic carbocycles. The van der Waals surface area contributed by atoms with Crippen molar-refractivity contribution < 1.29 is 13.2 Å². The predicted molar refractivity (Wildman–Crippen MR) is 141 cm³/mol. The van der Waals surface area contributed by atoms with E-state index in [9.17, 15) is 13.2 Å². The molecule has 3 nitrogen and oxygen atoms in total. The van der Waals surface area contributed by atoms with Gasteiger partial charge in [-0.25, -0.2) is 8.78 Å². The van der Waals surface area contributed by atoms with Crippen LogP contribution >= 0.6 is 24.2 Å². The molecule has 32 heavy (non-hydrogen) atoms. The average Bonchev–Trinajstić information content (AvgIpc) is 3.13. The first-order chi connectivity index (χ1) is 14.8. The summed E-state index contributed by atoms with van der Waals surface area (Å²) in [5.41, 5.74) is 13.3. The molecule has 6 N–H and O–H groups in total. The van der Waals surface area contributed by atoms with E-state index in [2.05, 4.69) is 51.0 Å². The second-order valence-corrected chi connectivity index (χ2v) is 9.10. The Morgan fingerprint density at radius 1 is 1.00 bits per heavy atom. The van der Waals surface area contributed by atoms with Crippen molar-refractivity contribution in [1.29, 1.82) is 0 Å². The maximum absolute atomic E-state index is 13.3. The van der Waals surface area contributed by atoms with E-state index in [1.54, 1.807) is 11.4 Å². The molecule has 0 spiro atoms. The summed E-state index contributed by atoms with van der Waals surface area (Å²) in [6.45, 7) is 18.7. The van der Waals surface area contributed by atoms with Crippen molar-refractivity contribution in [2.45, 2.75) is 72.6 Å². The quantitative estimate of drug-likeness (QED) is 0.256. The molecule has 0 bridgehead atoms. The molecule has 0 unspecified atom stereocenters. The highest BCUT2D eigenvalue weighted by Crippen LogP contribution is 2.31. The van der Waals surface area contributed by atoms with E-state index in [1.807, 2.05) is 27.7 Å². The summed E-state index contributed by atoms with van der Waals surface area (Å²) >= 11 is 4.51. The van der Waals surface area contributed by atoms with Crippen LogP contribution in [0.25, 0.3) is 0 Å². The van der Waals surface area contributed by atoms with Crippen molar-refractivity contribution in [3.8, 4) is 0 Å². The van der Waals surface area contributed by atoms with Crippen molar-refractivity contribution in [3.63, 3.8) is 0 Å². The minimum Gasteiger partial charge on any atom is -0.405 e. The number of anilines is 1. The SMILES string of the molecule is C=CN.CC(C)(C)c1cc(F)cs1.CC(C)c1cc(F)cc(C(C)C)c1N.CCF.NS. The normalized spacial score (nSPS) is 9.84. The molecule has 0 atom stereocenters. The van der Waals surface area contributed by atoms with Crippen LogP contribution in [0.2, 0.25) is 0 Å². The lowest BCUT2D eigenvalue weighted by Crippen LogP contribution is -2.07. The molecular formula is C24H42F3N3S2. The Kier molecular flexibility index (Phi) is 20.6. The number of hydrogen-bond donors (Lipinski definition) is 4. The van der Waals surface area contributed by atoms with Crippen LogP contribution < -0.4 is 16.6 Å². The Morgan fingerprint density at radius 2 is 1.34 bits per heavy atom. The molecule has 0 aliphatic heterocycles. The van der Waals surface area contributed by atoms with Crippen LogP contribution in [0.3, 0.4) is 0 Å². The van der Waals surface area contributed by atoms with E-state index < -0.39 is 0 Å². The van der Waals surface area contributed by atoms with Gasteiger partial charge in [-0.2, -0.15) is 0 Å². The van der Waals surface area contributed by atoms with Gasteiger partial charge in [0.15, 0.2) is 0 Å². The monoisotopic (exact) mass is 493 g/mol. The molecule has 0 saturated carbocycles. The third-order valence-electron chi connectivity index (χ3n) is 3.76. The van der Waals surface area contributed by atoms with E-state index in [1.165, 1.54) is 36.6 Å². The first-order valence-corrected chi connectivity index (χ1v) is 11.6. The molecule has 1 heterocycles. The van der Waals surface area contributed by atoms with Gasteiger partial charge in [0.05, 0.1) is 6.67 Å². The van der Waals surface area contributed by atoms with Crippen LogP contribution in [-0.2, 0) is 5.41 Å². The highest BCUT2D eigenvalue weighted by Gasteiger charge is 2.15. The van der Waals surface area contributed by atoms with E-state index in [-0.39, 0.29) is 35.6 Å². The van der Waals surface area contributed by atoms with Gasteiger partial charge in [0.2, 0.25) is 0 Å². The maximum Gasteiger partial charge on any atom is 0.134 e. The van der Waals surface area contributed by atoms with Crippen LogP contribution in [0.1, 0.15) is 83.2 Å². The van der Waals surface area contributed by atoms with Gasteiger partial charge in [-0.15, -0.1) is 24.2 Å². The number of nitrogens with two attached hydrogens (primary N) is 3. The topological polar surface area (TPSA) is 78.1 Å². The molecule has 0 aliphatic rings. The Balaban J connectivity index is -0.000000407. The van der Waals surface area contributed by atoms with E-state index in [0.717, 1.165) is 21.7 Å². The molecule has 1 aromatic carbocycles. The molecule has 8 heteroatoms. The number of rotatable bonds is 2. The molecule has 0 fully saturated rings. The fraction of sp³-hybridized carbons (Fsp3) is 0.500. The summed E-state index contributed by atoms with van der Waals surface area (Å²) in [6.07, 6.45) is 1.25. The zero-order chi connectivity index (χ0) is 26.1. The Hall–Kier alpha value is -1.64. The highest BCUT2D eigenvalue weighted by atomic mass is 32.1. The standard InChI is InChI=1S/C12H18FN.C8H11FS.C2H5F.C2H5N.H3NS/c1-7(2)10-5-9(13)6-11(8(3)4)12(10)14;1-8(2,3)7-4-6(9)5-10-7;2*1-2-3;1-2/h5-8H,14H2,1-4H3;4-5H,1-3H3;2H2,1H3;2H,1,3H2;2H,1H2. The van der Waals surface area contributed by atoms with Crippen molar-refractivity contribution >= 4 is 29.8 Å². The summed E-state index contributed by atoms with van der Waals surface area (Å²) < 4.78 is 36.0. The minimum absolute atomic E-state index is 0.0923. The number of alkyl halides is 1. The second kappa shape index (κ2) is 18.9. The predicted octanol–water partition coefficient (Wildman–Crippen LogP) is 7.69. The fourth-order valence-corrected chi connectivity index (χ4v) is 3.16. The number of thiophene rings is 1. The number of halogens is 3. The van der Waals surface area contributed by atoms with Crippen LogP contribution in [0.4, 0.5) is 18.9 Å². The summed E-state index contributed by atoms with van der Waals surface area (Å²) in [6, 6.07) is 4.67. The van der Waals surface area contributed by atoms with Gasteiger partial charge in [-0.3, -0.25) is 9.53 Å². The van der Waals surface area contributed by atoms with E-state index >= 15 is 0 Å². The third-order valence-corrected chi connectivity index (χ3v) is 5.09. The second-order valence-electron chi connectivity index (χ2n) is 8.19. The van der Waals surface area contributed by atoms with Crippen LogP contribution in [-0.4, -0.2) is 6.67 Å². The summed E-state index contributed by atoms with van der Waals surface area (Å²) in [5, 5.41) is 5.74. The van der Waals surface area contributed by atoms with Gasteiger partial charge >= 0.3 is 0 Å². The molecule has 1 aromatic heterocycles. The van der Waals surface area contributed by atoms with Gasteiger partial charge in [0.25, 0.3) is 0 Å². The van der Waals surface area contributed by atoms with E-state index in [4.69, 9.17) is 5.73 Å². The zero-order valence-electron chi connectivity index (χ0n) is 20.7. The van der Waals surface area contributed by atoms with Crippen molar-refractivity contribution in [3.05, 3.63) is 64.0 Å². The van der Waals surface area contributed by atoms with Gasteiger partial charge < -0.3 is 11.5 Å². The molecule has 2 aromatic rings. The third kappa shape index (κ3) is 15.2. The first-order valence-electron chi connectivity index (χ1n) is 10.2. The molecule has 0 saturated heterocycles. The molecular weight excluding hydrogens is 451 g/mol. The zero-order valence-corrected chi connectivity index (χ0v) is 22.4. The van der Waals surface area contributed by atoms with Crippen LogP contribution in [0.15, 0.2) is 36.4 Å². The highest BCUT2D eigenvalue weighted by molar-refractivity contribution is 7.77. The van der Waals surface area contributed by atoms with Crippen molar-refractivity contribution in [2.24, 2.45) is 10.9 Å². The lowest BCUT2D eigenvalue weighted by Gasteiger charge is -2.16. The molecule has 0 radical (unpaired) electrons. The van der Waals surface area contributed by atoms with Crippen molar-refractivity contribution in [1.82, 2.24) is 0 Å². The smallest absolute Gasteiger partial charge is 0.134 e. The average molecular weight is 494 g/mol. The lowest BCUT2D eigenvalue weighted by atomic mass is 9.93. The largest absolute Gasteiger partial charge is 0.405 e. The molecule has 0 amide bonds. The van der Waals surface area contributed by atoms with Gasteiger partial charge in [0, 0.05) is 15.9 Å². The lowest BCUT2D eigenvalue weighted by molar-refractivity contribution is 0.527. The van der Waals surface area contributed by atoms with Gasteiger partial charge in [-0.05, 0) is 59.7 Å². The van der Waals surface area contributed by atoms with E-state index in [0.29, 0.717) is 0 Å². The van der Waals surface area contributed by atoms with Gasteiger partial charge in [-0.1, -0.05) is 55.0 Å². The summed E-state index contributed by atoms with van der Waals surface area (Å²) in [5.74, 6) is 0.230. The van der Waals surface area contributed by atoms with Gasteiger partial charge in [0.1, 0.15) is 11.6 Å². The fourth-order valence-electron chi connectivity index (χ4n) is 2.32. The summed E-state index contributed by atoms with van der Waals surface area (Å²) in [7, 11) is 0. The van der Waals surface area contributed by atoms with Crippen LogP contribution in [0.5, 0.6) is 0 Å². The number of hydrogen-bond acceptors (Lipinski definition) is 5. The first kappa shape index (κ1) is 35.0. The number of thiol groups is 1. The van der Waals surface area contributed by atoms with Crippen molar-refractivity contribution in [2.75, 3.05) is 12.4 Å². The number of nitrogen functional groups attached to an aromatic ring is 1. The number of benzene rings is 1. The molecule has 186 valence electrons. The Morgan fingerprint density at radius 3 is 1.53 bits per heavy atom. The Bertz CT molecular complexity index is 711. The molecule has 2 rings (SSSR count). The maximum atomic E-state index is 13.3. The summed E-state index contributed by atoms with van der Waals surface area (Å²) in [4.78, 5) is 1.10.